The maximum Gasteiger partial charge on any atom is 0.260 e. The van der Waals surface area contributed by atoms with Gasteiger partial charge in [-0.1, -0.05) is 57.2 Å². The van der Waals surface area contributed by atoms with Crippen molar-refractivity contribution in [3.63, 3.8) is 0 Å². The molecule has 0 aliphatic heterocycles. The van der Waals surface area contributed by atoms with Crippen LogP contribution in [0, 0.1) is 0 Å². The molecule has 0 fully saturated rings. The van der Waals surface area contributed by atoms with Crippen LogP contribution in [-0.2, 0) is 16.6 Å². The standard InChI is InChI=1S/C29H34N4O3S2/c1-5-17-32(18-6-2)38(35,36)24-14-12-23(13-15-24)28(34)33(20-22-9-8-16-30-19-22)29-31-27-25(21(3)4)10-7-11-26(27)37-29/h7-16,19,21H,5-6,17-18,20H2,1-4H3. The lowest BCUT2D eigenvalue weighted by Gasteiger charge is -2.22. The maximum atomic E-state index is 13.9. The van der Waals surface area contributed by atoms with Crippen LogP contribution in [-0.4, -0.2) is 41.7 Å². The van der Waals surface area contributed by atoms with Crippen LogP contribution in [0.2, 0.25) is 0 Å². The minimum atomic E-state index is -3.63. The topological polar surface area (TPSA) is 83.5 Å². The second-order valence-corrected chi connectivity index (χ2v) is 12.5. The van der Waals surface area contributed by atoms with E-state index >= 15 is 0 Å². The number of thiazole rings is 1. The Hall–Kier alpha value is -3.14. The number of hydrogen-bond acceptors (Lipinski definition) is 6. The molecule has 0 unspecified atom stereocenters. The number of benzene rings is 2. The molecule has 4 aromatic rings. The van der Waals surface area contributed by atoms with Gasteiger partial charge in [0.15, 0.2) is 5.13 Å². The summed E-state index contributed by atoms with van der Waals surface area (Å²) < 4.78 is 28.9. The van der Waals surface area contributed by atoms with E-state index in [4.69, 9.17) is 4.98 Å². The predicted octanol–water partition coefficient (Wildman–Crippen LogP) is 6.47. The van der Waals surface area contributed by atoms with Crippen molar-refractivity contribution in [3.05, 3.63) is 83.7 Å². The fourth-order valence-corrected chi connectivity index (χ4v) is 6.99. The summed E-state index contributed by atoms with van der Waals surface area (Å²) in [6.45, 7) is 9.40. The normalized spacial score (nSPS) is 11.9. The smallest absolute Gasteiger partial charge is 0.260 e. The fourth-order valence-electron chi connectivity index (χ4n) is 4.37. The highest BCUT2D eigenvalue weighted by molar-refractivity contribution is 7.89. The van der Waals surface area contributed by atoms with Gasteiger partial charge in [-0.2, -0.15) is 4.31 Å². The van der Waals surface area contributed by atoms with E-state index in [1.54, 1.807) is 29.4 Å². The molecule has 0 atom stereocenters. The first-order valence-corrected chi connectivity index (χ1v) is 15.2. The lowest BCUT2D eigenvalue weighted by atomic mass is 10.0. The molecule has 1 amide bonds. The van der Waals surface area contributed by atoms with E-state index in [1.165, 1.54) is 27.8 Å². The number of nitrogens with zero attached hydrogens (tertiary/aromatic N) is 4. The number of rotatable bonds is 11. The molecule has 2 aromatic heterocycles. The van der Waals surface area contributed by atoms with Crippen LogP contribution >= 0.6 is 11.3 Å². The molecular formula is C29H34N4O3S2. The van der Waals surface area contributed by atoms with E-state index in [-0.39, 0.29) is 10.8 Å². The van der Waals surface area contributed by atoms with Gasteiger partial charge in [0, 0.05) is 31.0 Å². The summed E-state index contributed by atoms with van der Waals surface area (Å²) in [5.74, 6) is 0.0486. The van der Waals surface area contributed by atoms with Crippen molar-refractivity contribution < 1.29 is 13.2 Å². The van der Waals surface area contributed by atoms with Crippen molar-refractivity contribution in [2.45, 2.75) is 57.9 Å². The van der Waals surface area contributed by atoms with Crippen LogP contribution in [0.1, 0.15) is 67.9 Å². The van der Waals surface area contributed by atoms with Gasteiger partial charge in [-0.15, -0.1) is 0 Å². The molecule has 200 valence electrons. The quantitative estimate of drug-likeness (QED) is 0.214. The Kier molecular flexibility index (Phi) is 8.91. The maximum absolute atomic E-state index is 13.9. The third-order valence-corrected chi connectivity index (χ3v) is 9.24. The molecule has 0 aliphatic carbocycles. The molecule has 9 heteroatoms. The van der Waals surface area contributed by atoms with Crippen molar-refractivity contribution in [2.24, 2.45) is 0 Å². The molecule has 0 aliphatic rings. The predicted molar refractivity (Wildman–Crippen MR) is 154 cm³/mol. The Morgan fingerprint density at radius 3 is 2.29 bits per heavy atom. The summed E-state index contributed by atoms with van der Waals surface area (Å²) in [5, 5.41) is 0.593. The Morgan fingerprint density at radius 2 is 1.68 bits per heavy atom. The zero-order valence-corrected chi connectivity index (χ0v) is 23.9. The number of para-hydroxylation sites is 1. The summed E-state index contributed by atoms with van der Waals surface area (Å²) in [5.41, 5.74) is 3.31. The van der Waals surface area contributed by atoms with Gasteiger partial charge in [0.1, 0.15) is 0 Å². The summed E-state index contributed by atoms with van der Waals surface area (Å²) in [6, 6.07) is 16.1. The summed E-state index contributed by atoms with van der Waals surface area (Å²) in [6.07, 6.45) is 4.90. The van der Waals surface area contributed by atoms with Crippen LogP contribution in [0.25, 0.3) is 10.2 Å². The largest absolute Gasteiger partial charge is 0.279 e. The van der Waals surface area contributed by atoms with E-state index in [9.17, 15) is 13.2 Å². The Morgan fingerprint density at radius 1 is 0.974 bits per heavy atom. The lowest BCUT2D eigenvalue weighted by molar-refractivity contribution is 0.0985. The molecule has 0 spiro atoms. The average Bonchev–Trinajstić information content (AvgIpc) is 3.36. The van der Waals surface area contributed by atoms with Crippen LogP contribution < -0.4 is 4.90 Å². The van der Waals surface area contributed by atoms with Gasteiger partial charge in [0.25, 0.3) is 5.91 Å². The number of anilines is 1. The van der Waals surface area contributed by atoms with Gasteiger partial charge in [-0.25, -0.2) is 13.4 Å². The van der Waals surface area contributed by atoms with Crippen molar-refractivity contribution in [2.75, 3.05) is 18.0 Å². The Balaban J connectivity index is 1.71. The van der Waals surface area contributed by atoms with Gasteiger partial charge in [0.05, 0.1) is 21.7 Å². The first-order valence-electron chi connectivity index (χ1n) is 13.0. The van der Waals surface area contributed by atoms with Gasteiger partial charge >= 0.3 is 0 Å². The molecule has 0 N–H and O–H groups in total. The van der Waals surface area contributed by atoms with Crippen LogP contribution in [0.4, 0.5) is 5.13 Å². The number of aromatic nitrogens is 2. The number of carbonyl (C=O) groups is 1. The van der Waals surface area contributed by atoms with E-state index < -0.39 is 10.0 Å². The number of hydrogen-bond donors (Lipinski definition) is 0. The van der Waals surface area contributed by atoms with Crippen LogP contribution in [0.5, 0.6) is 0 Å². The first kappa shape index (κ1) is 27.9. The third kappa shape index (κ3) is 5.95. The highest BCUT2D eigenvalue weighted by Crippen LogP contribution is 2.35. The van der Waals surface area contributed by atoms with Gasteiger partial charge in [-0.3, -0.25) is 14.7 Å². The number of fused-ring (bicyclic) bond motifs is 1. The number of sulfonamides is 1. The number of carbonyl (C=O) groups excluding carboxylic acids is 1. The first-order chi connectivity index (χ1) is 18.3. The van der Waals surface area contributed by atoms with Crippen molar-refractivity contribution >= 4 is 42.6 Å². The molecule has 7 nitrogen and oxygen atoms in total. The summed E-state index contributed by atoms with van der Waals surface area (Å²) in [4.78, 5) is 24.8. The van der Waals surface area contributed by atoms with E-state index in [2.05, 4.69) is 24.9 Å². The molecule has 0 radical (unpaired) electrons. The zero-order chi connectivity index (χ0) is 27.3. The third-order valence-electron chi connectivity index (χ3n) is 6.29. The van der Waals surface area contributed by atoms with E-state index in [0.29, 0.717) is 36.2 Å². The molecule has 0 saturated heterocycles. The lowest BCUT2D eigenvalue weighted by Crippen LogP contribution is -2.33. The minimum absolute atomic E-state index is 0.191. The van der Waals surface area contributed by atoms with Gasteiger partial charge in [-0.05, 0) is 66.3 Å². The zero-order valence-electron chi connectivity index (χ0n) is 22.3. The summed E-state index contributed by atoms with van der Waals surface area (Å²) >= 11 is 1.47. The van der Waals surface area contributed by atoms with E-state index in [1.807, 2.05) is 38.1 Å². The second kappa shape index (κ2) is 12.1. The monoisotopic (exact) mass is 550 g/mol. The number of pyridine rings is 1. The van der Waals surface area contributed by atoms with Gasteiger partial charge < -0.3 is 0 Å². The SMILES string of the molecule is CCCN(CCC)S(=O)(=O)c1ccc(C(=O)N(Cc2cccnc2)c2nc3c(C(C)C)cccc3s2)cc1. The molecule has 2 heterocycles. The minimum Gasteiger partial charge on any atom is -0.279 e. The second-order valence-electron chi connectivity index (χ2n) is 9.53. The van der Waals surface area contributed by atoms with Crippen LogP contribution in [0.15, 0.2) is 71.9 Å². The number of amides is 1. The fraction of sp³-hybridized carbons (Fsp3) is 0.345. The molecule has 38 heavy (non-hydrogen) atoms. The highest BCUT2D eigenvalue weighted by Gasteiger charge is 2.26. The molecule has 0 saturated carbocycles. The Bertz CT molecular complexity index is 1480. The van der Waals surface area contributed by atoms with Gasteiger partial charge in [0.2, 0.25) is 10.0 Å². The summed E-state index contributed by atoms with van der Waals surface area (Å²) in [7, 11) is -3.63. The Labute approximate surface area is 229 Å². The molecule has 0 bridgehead atoms. The molecule has 4 rings (SSSR count). The van der Waals surface area contributed by atoms with Crippen molar-refractivity contribution in [3.8, 4) is 0 Å². The molecule has 2 aromatic carbocycles. The van der Waals surface area contributed by atoms with Crippen LogP contribution in [0.3, 0.4) is 0 Å². The van der Waals surface area contributed by atoms with Crippen molar-refractivity contribution in [1.82, 2.24) is 14.3 Å². The average molecular weight is 551 g/mol. The molecular weight excluding hydrogens is 516 g/mol. The van der Waals surface area contributed by atoms with E-state index in [0.717, 1.165) is 34.2 Å². The van der Waals surface area contributed by atoms with Crippen molar-refractivity contribution in [1.29, 1.82) is 0 Å². The highest BCUT2D eigenvalue weighted by atomic mass is 32.2.